The Labute approximate surface area is 198 Å². The van der Waals surface area contributed by atoms with Crippen molar-refractivity contribution in [3.05, 3.63) is 98.6 Å². The van der Waals surface area contributed by atoms with Crippen LogP contribution in [0, 0.1) is 0 Å². The van der Waals surface area contributed by atoms with Gasteiger partial charge in [-0.2, -0.15) is 0 Å². The lowest BCUT2D eigenvalue weighted by Crippen LogP contribution is -2.30. The highest BCUT2D eigenvalue weighted by atomic mass is 35.5. The monoisotopic (exact) mass is 479 g/mol. The zero-order valence-electron chi connectivity index (χ0n) is 17.4. The summed E-state index contributed by atoms with van der Waals surface area (Å²) in [7, 11) is 1.56. The van der Waals surface area contributed by atoms with Crippen LogP contribution in [0.1, 0.15) is 27.0 Å². The van der Waals surface area contributed by atoms with E-state index >= 15 is 0 Å². The topological polar surface area (TPSA) is 80.0 Å². The first kappa shape index (κ1) is 21.3. The lowest BCUT2D eigenvalue weighted by Gasteiger charge is -2.26. The van der Waals surface area contributed by atoms with Crippen LogP contribution < -0.4 is 4.74 Å². The second kappa shape index (κ2) is 8.42. The maximum Gasteiger partial charge on any atom is 0.290 e. The summed E-state index contributed by atoms with van der Waals surface area (Å²) in [6, 6.07) is 16.7. The predicted molar refractivity (Wildman–Crippen MR) is 126 cm³/mol. The molecule has 8 heteroatoms. The molecule has 0 saturated heterocycles. The molecule has 1 aliphatic rings. The van der Waals surface area contributed by atoms with Crippen molar-refractivity contribution in [1.29, 1.82) is 0 Å². The number of carbonyl (C=O) groups is 2. The lowest BCUT2D eigenvalue weighted by atomic mass is 9.95. The summed E-state index contributed by atoms with van der Waals surface area (Å²) in [6.45, 7) is 0.254. The molecule has 1 amide bonds. The third kappa shape index (κ3) is 3.79. The van der Waals surface area contributed by atoms with Crippen LogP contribution in [0.5, 0.6) is 5.75 Å². The molecular weight excluding hydrogens is 462 g/mol. The Morgan fingerprint density at radius 2 is 1.97 bits per heavy atom. The third-order valence-electron chi connectivity index (χ3n) is 5.59. The molecule has 3 heterocycles. The number of aliphatic hydroxyl groups excluding tert-OH is 1. The Balaban J connectivity index is 1.59. The van der Waals surface area contributed by atoms with Crippen LogP contribution in [0.4, 0.5) is 0 Å². The molecule has 0 spiro atoms. The number of nitrogens with zero attached hydrogens (tertiary/aromatic N) is 1. The number of amides is 1. The number of ether oxygens (including phenoxy) is 1. The Kier molecular flexibility index (Phi) is 5.44. The first-order valence-corrected chi connectivity index (χ1v) is 11.4. The highest BCUT2D eigenvalue weighted by Crippen LogP contribution is 2.41. The molecule has 1 unspecified atom stereocenters. The Bertz CT molecular complexity index is 1390. The summed E-state index contributed by atoms with van der Waals surface area (Å²) >= 11 is 7.55. The van der Waals surface area contributed by atoms with Gasteiger partial charge in [0.2, 0.25) is 5.78 Å². The van der Waals surface area contributed by atoms with Gasteiger partial charge in [-0.05, 0) is 53.4 Å². The van der Waals surface area contributed by atoms with Crippen LogP contribution in [0.15, 0.2) is 81.8 Å². The summed E-state index contributed by atoms with van der Waals surface area (Å²) in [5.41, 5.74) is 1.14. The van der Waals surface area contributed by atoms with Crippen LogP contribution in [0.2, 0.25) is 5.02 Å². The van der Waals surface area contributed by atoms with Gasteiger partial charge in [-0.1, -0.05) is 29.8 Å². The standard InChI is InChI=1S/C25H18ClNO5S/c1-31-17-7-4-14(5-8-17)22-21(24(29)25(30)27(22)13-18-3-2-10-33-18)23(28)20-12-15-11-16(26)6-9-19(15)32-20/h2-12,22,29H,13H2,1H3. The van der Waals surface area contributed by atoms with Crippen LogP contribution >= 0.6 is 22.9 Å². The van der Waals surface area contributed by atoms with Crippen LogP contribution in [-0.4, -0.2) is 28.8 Å². The minimum atomic E-state index is -0.783. The van der Waals surface area contributed by atoms with Crippen molar-refractivity contribution in [2.75, 3.05) is 7.11 Å². The van der Waals surface area contributed by atoms with Gasteiger partial charge >= 0.3 is 0 Å². The zero-order chi connectivity index (χ0) is 23.1. The molecular formula is C25H18ClNO5S. The van der Waals surface area contributed by atoms with Crippen molar-refractivity contribution in [3.8, 4) is 5.75 Å². The number of ketones is 1. The summed E-state index contributed by atoms with van der Waals surface area (Å²) in [6.07, 6.45) is 0. The van der Waals surface area contributed by atoms with Gasteiger partial charge in [0.05, 0.1) is 25.3 Å². The average molecular weight is 480 g/mol. The molecule has 0 saturated carbocycles. The SMILES string of the molecule is COc1ccc(C2C(C(=O)c3cc4cc(Cl)ccc4o3)=C(O)C(=O)N2Cc2cccs2)cc1. The number of aliphatic hydroxyl groups is 1. The Morgan fingerprint density at radius 1 is 1.18 bits per heavy atom. The van der Waals surface area contributed by atoms with E-state index in [4.69, 9.17) is 20.8 Å². The van der Waals surface area contributed by atoms with Crippen molar-refractivity contribution in [2.45, 2.75) is 12.6 Å². The fraction of sp³-hybridized carbons (Fsp3) is 0.120. The molecule has 4 aromatic rings. The third-order valence-corrected chi connectivity index (χ3v) is 6.68. The molecule has 1 N–H and O–H groups in total. The molecule has 1 aliphatic heterocycles. The lowest BCUT2D eigenvalue weighted by molar-refractivity contribution is -0.130. The number of carbonyl (C=O) groups excluding carboxylic acids is 2. The van der Waals surface area contributed by atoms with E-state index in [1.165, 1.54) is 16.2 Å². The Morgan fingerprint density at radius 3 is 2.67 bits per heavy atom. The van der Waals surface area contributed by atoms with Gasteiger partial charge in [-0.15, -0.1) is 11.3 Å². The molecule has 0 fully saturated rings. The van der Waals surface area contributed by atoms with Gasteiger partial charge in [0.25, 0.3) is 5.91 Å². The second-order valence-corrected chi connectivity index (χ2v) is 9.04. The number of furan rings is 1. The van der Waals surface area contributed by atoms with Gasteiger partial charge in [0.1, 0.15) is 11.3 Å². The van der Waals surface area contributed by atoms with Crippen molar-refractivity contribution < 1.29 is 23.8 Å². The predicted octanol–water partition coefficient (Wildman–Crippen LogP) is 5.93. The van der Waals surface area contributed by atoms with Gasteiger partial charge in [0, 0.05) is 15.3 Å². The average Bonchev–Trinajstić information content (AvgIpc) is 3.54. The van der Waals surface area contributed by atoms with Crippen LogP contribution in [0.25, 0.3) is 11.0 Å². The fourth-order valence-electron chi connectivity index (χ4n) is 4.01. The number of thiophene rings is 1. The van der Waals surface area contributed by atoms with E-state index in [0.29, 0.717) is 27.3 Å². The minimum Gasteiger partial charge on any atom is -0.503 e. The van der Waals surface area contributed by atoms with Crippen molar-refractivity contribution >= 4 is 45.6 Å². The molecule has 0 radical (unpaired) electrons. The first-order chi connectivity index (χ1) is 16.0. The van der Waals surface area contributed by atoms with Crippen molar-refractivity contribution in [3.63, 3.8) is 0 Å². The van der Waals surface area contributed by atoms with Gasteiger partial charge in [0.15, 0.2) is 11.5 Å². The molecule has 0 aliphatic carbocycles. The smallest absolute Gasteiger partial charge is 0.290 e. The quantitative estimate of drug-likeness (QED) is 0.346. The molecule has 166 valence electrons. The number of halogens is 1. The summed E-state index contributed by atoms with van der Waals surface area (Å²) in [5.74, 6) is -1.06. The van der Waals surface area contributed by atoms with Gasteiger partial charge < -0.3 is 19.2 Å². The number of fused-ring (bicyclic) bond motifs is 1. The van der Waals surface area contributed by atoms with E-state index in [1.54, 1.807) is 55.6 Å². The number of hydrogen-bond acceptors (Lipinski definition) is 6. The number of rotatable bonds is 6. The normalized spacial score (nSPS) is 16.1. The number of Topliss-reactive ketones (excluding diaryl/α,β-unsaturated/α-hetero) is 1. The van der Waals surface area contributed by atoms with E-state index in [1.807, 2.05) is 17.5 Å². The molecule has 33 heavy (non-hydrogen) atoms. The fourth-order valence-corrected chi connectivity index (χ4v) is 4.89. The van der Waals surface area contributed by atoms with Crippen LogP contribution in [-0.2, 0) is 11.3 Å². The van der Waals surface area contributed by atoms with Gasteiger partial charge in [-0.3, -0.25) is 9.59 Å². The molecule has 6 nitrogen and oxygen atoms in total. The maximum absolute atomic E-state index is 13.6. The highest BCUT2D eigenvalue weighted by Gasteiger charge is 2.44. The summed E-state index contributed by atoms with van der Waals surface area (Å²) < 4.78 is 11.0. The largest absolute Gasteiger partial charge is 0.503 e. The van der Waals surface area contributed by atoms with E-state index in [0.717, 1.165) is 4.88 Å². The Hall–Kier alpha value is -3.55. The maximum atomic E-state index is 13.6. The number of methoxy groups -OCH3 is 1. The molecule has 2 aromatic heterocycles. The second-order valence-electron chi connectivity index (χ2n) is 7.57. The molecule has 1 atom stereocenters. The molecule has 2 aromatic carbocycles. The summed E-state index contributed by atoms with van der Waals surface area (Å²) in [5, 5.41) is 13.9. The first-order valence-electron chi connectivity index (χ1n) is 10.1. The van der Waals surface area contributed by atoms with Crippen molar-refractivity contribution in [1.82, 2.24) is 4.90 Å². The van der Waals surface area contributed by atoms with Crippen molar-refractivity contribution in [2.24, 2.45) is 0 Å². The number of hydrogen-bond donors (Lipinski definition) is 1. The summed E-state index contributed by atoms with van der Waals surface area (Å²) in [4.78, 5) is 29.1. The molecule has 0 bridgehead atoms. The highest BCUT2D eigenvalue weighted by molar-refractivity contribution is 7.09. The molecule has 5 rings (SSSR count). The van der Waals surface area contributed by atoms with Crippen LogP contribution in [0.3, 0.4) is 0 Å². The van der Waals surface area contributed by atoms with E-state index < -0.39 is 23.5 Å². The zero-order valence-corrected chi connectivity index (χ0v) is 19.0. The van der Waals surface area contributed by atoms with E-state index in [-0.39, 0.29) is 17.9 Å². The number of benzene rings is 2. The van der Waals surface area contributed by atoms with E-state index in [2.05, 4.69) is 0 Å². The minimum absolute atomic E-state index is 0.0214. The van der Waals surface area contributed by atoms with E-state index in [9.17, 15) is 14.7 Å². The van der Waals surface area contributed by atoms with Gasteiger partial charge in [-0.25, -0.2) is 0 Å².